The standard InChI is InChI=1S/C14H11F3N4O/c15-14(16,17)11-5-4-9(7-19-11)10-8-20-21(13(10)22)12-3-1-2-6-18-12/h1-7,10,20H,8H2. The molecule has 1 fully saturated rings. The highest BCUT2D eigenvalue weighted by atomic mass is 19.4. The predicted molar refractivity (Wildman–Crippen MR) is 71.7 cm³/mol. The van der Waals surface area contributed by atoms with E-state index in [2.05, 4.69) is 15.4 Å². The number of hydrogen-bond donors (Lipinski definition) is 1. The van der Waals surface area contributed by atoms with Gasteiger partial charge in [-0.2, -0.15) is 13.2 Å². The van der Waals surface area contributed by atoms with E-state index in [1.54, 1.807) is 24.4 Å². The van der Waals surface area contributed by atoms with Crippen LogP contribution in [-0.4, -0.2) is 22.4 Å². The second kappa shape index (κ2) is 5.38. The van der Waals surface area contributed by atoms with Crippen LogP contribution in [0.3, 0.4) is 0 Å². The summed E-state index contributed by atoms with van der Waals surface area (Å²) in [5, 5.41) is 1.29. The van der Waals surface area contributed by atoms with Gasteiger partial charge >= 0.3 is 6.18 Å². The number of rotatable bonds is 2. The van der Waals surface area contributed by atoms with E-state index in [0.29, 0.717) is 11.4 Å². The van der Waals surface area contributed by atoms with Crippen molar-refractivity contribution in [1.29, 1.82) is 0 Å². The lowest BCUT2D eigenvalue weighted by molar-refractivity contribution is -0.141. The Morgan fingerprint density at radius 3 is 2.59 bits per heavy atom. The van der Waals surface area contributed by atoms with Gasteiger partial charge in [-0.15, -0.1) is 0 Å². The Morgan fingerprint density at radius 2 is 2.00 bits per heavy atom. The van der Waals surface area contributed by atoms with Crippen molar-refractivity contribution in [3.8, 4) is 0 Å². The lowest BCUT2D eigenvalue weighted by Gasteiger charge is -2.14. The molecule has 5 nitrogen and oxygen atoms in total. The van der Waals surface area contributed by atoms with Crippen molar-refractivity contribution >= 4 is 11.7 Å². The first-order valence-electron chi connectivity index (χ1n) is 6.48. The van der Waals surface area contributed by atoms with E-state index in [-0.39, 0.29) is 12.5 Å². The molecule has 8 heteroatoms. The van der Waals surface area contributed by atoms with Gasteiger partial charge in [0.1, 0.15) is 11.5 Å². The number of nitrogens with zero attached hydrogens (tertiary/aromatic N) is 3. The van der Waals surface area contributed by atoms with Gasteiger partial charge in [0.05, 0.1) is 5.92 Å². The molecule has 0 spiro atoms. The minimum Gasteiger partial charge on any atom is -0.272 e. The van der Waals surface area contributed by atoms with Gasteiger partial charge in [-0.3, -0.25) is 9.78 Å². The van der Waals surface area contributed by atoms with Crippen molar-refractivity contribution in [2.75, 3.05) is 11.6 Å². The van der Waals surface area contributed by atoms with Crippen molar-refractivity contribution in [1.82, 2.24) is 15.4 Å². The Hall–Kier alpha value is -2.48. The fourth-order valence-electron chi connectivity index (χ4n) is 2.22. The minimum absolute atomic E-state index is 0.278. The highest BCUT2D eigenvalue weighted by molar-refractivity contribution is 5.98. The first-order chi connectivity index (χ1) is 10.5. The van der Waals surface area contributed by atoms with Crippen LogP contribution in [0.1, 0.15) is 17.2 Å². The number of carbonyl (C=O) groups excluding carboxylic acids is 1. The SMILES string of the molecule is O=C1C(c2ccc(C(F)(F)F)nc2)CNN1c1ccccn1. The van der Waals surface area contributed by atoms with Crippen LogP contribution >= 0.6 is 0 Å². The lowest BCUT2D eigenvalue weighted by Crippen LogP contribution is -2.35. The summed E-state index contributed by atoms with van der Waals surface area (Å²) in [6, 6.07) is 7.29. The van der Waals surface area contributed by atoms with Crippen LogP contribution in [0.2, 0.25) is 0 Å². The number of hydrazine groups is 1. The molecule has 2 aromatic rings. The Balaban J connectivity index is 1.81. The number of nitrogens with one attached hydrogen (secondary N) is 1. The zero-order valence-corrected chi connectivity index (χ0v) is 11.2. The van der Waals surface area contributed by atoms with Gasteiger partial charge in [0, 0.05) is 18.9 Å². The Morgan fingerprint density at radius 1 is 1.18 bits per heavy atom. The Kier molecular flexibility index (Phi) is 3.53. The second-order valence-electron chi connectivity index (χ2n) is 4.75. The Labute approximate surface area is 123 Å². The predicted octanol–water partition coefficient (Wildman–Crippen LogP) is 2.13. The van der Waals surface area contributed by atoms with E-state index < -0.39 is 17.8 Å². The number of pyridine rings is 2. The first-order valence-corrected chi connectivity index (χ1v) is 6.48. The van der Waals surface area contributed by atoms with Gasteiger partial charge < -0.3 is 0 Å². The summed E-state index contributed by atoms with van der Waals surface area (Å²) < 4.78 is 37.5. The summed E-state index contributed by atoms with van der Waals surface area (Å²) in [7, 11) is 0. The fourth-order valence-corrected chi connectivity index (χ4v) is 2.22. The van der Waals surface area contributed by atoms with Gasteiger partial charge in [-0.25, -0.2) is 15.4 Å². The zero-order chi connectivity index (χ0) is 15.7. The molecule has 1 atom stereocenters. The first kappa shape index (κ1) is 14.5. The molecule has 0 aliphatic carbocycles. The van der Waals surface area contributed by atoms with Crippen molar-refractivity contribution in [3.63, 3.8) is 0 Å². The van der Waals surface area contributed by atoms with E-state index in [0.717, 1.165) is 12.3 Å². The number of amides is 1. The van der Waals surface area contributed by atoms with Gasteiger partial charge in [0.15, 0.2) is 0 Å². The molecule has 114 valence electrons. The van der Waals surface area contributed by atoms with E-state index in [4.69, 9.17) is 0 Å². The van der Waals surface area contributed by atoms with Crippen molar-refractivity contribution in [2.45, 2.75) is 12.1 Å². The van der Waals surface area contributed by atoms with Crippen LogP contribution in [0.5, 0.6) is 0 Å². The number of anilines is 1. The summed E-state index contributed by atoms with van der Waals surface area (Å²) >= 11 is 0. The molecule has 1 saturated heterocycles. The van der Waals surface area contributed by atoms with Crippen LogP contribution in [0.15, 0.2) is 42.7 Å². The number of alkyl halides is 3. The molecule has 22 heavy (non-hydrogen) atoms. The molecule has 1 aliphatic heterocycles. The molecule has 1 unspecified atom stereocenters. The molecule has 0 radical (unpaired) electrons. The molecular weight excluding hydrogens is 297 g/mol. The third kappa shape index (κ3) is 2.64. The highest BCUT2D eigenvalue weighted by Crippen LogP contribution is 2.29. The maximum Gasteiger partial charge on any atom is 0.433 e. The normalized spacial score (nSPS) is 18.8. The molecule has 1 amide bonds. The van der Waals surface area contributed by atoms with Crippen LogP contribution in [0, 0.1) is 0 Å². The van der Waals surface area contributed by atoms with Gasteiger partial charge in [0.2, 0.25) is 0 Å². The molecule has 2 aromatic heterocycles. The number of carbonyl (C=O) groups is 1. The summed E-state index contributed by atoms with van der Waals surface area (Å²) in [5.41, 5.74) is 2.35. The van der Waals surface area contributed by atoms with E-state index in [1.807, 2.05) is 0 Å². The average molecular weight is 308 g/mol. The van der Waals surface area contributed by atoms with Crippen LogP contribution in [0.4, 0.5) is 19.0 Å². The molecule has 0 aromatic carbocycles. The molecule has 3 rings (SSSR count). The summed E-state index contributed by atoms with van der Waals surface area (Å²) in [6.45, 7) is 0.280. The second-order valence-corrected chi connectivity index (χ2v) is 4.75. The largest absolute Gasteiger partial charge is 0.433 e. The molecule has 0 saturated carbocycles. The maximum atomic E-state index is 12.5. The van der Waals surface area contributed by atoms with Crippen molar-refractivity contribution in [2.24, 2.45) is 0 Å². The third-order valence-electron chi connectivity index (χ3n) is 3.33. The van der Waals surface area contributed by atoms with E-state index >= 15 is 0 Å². The van der Waals surface area contributed by atoms with E-state index in [9.17, 15) is 18.0 Å². The number of halogens is 3. The molecule has 1 N–H and O–H groups in total. The molecular formula is C14H11F3N4O. The minimum atomic E-state index is -4.49. The van der Waals surface area contributed by atoms with Crippen molar-refractivity contribution < 1.29 is 18.0 Å². The quantitative estimate of drug-likeness (QED) is 0.923. The van der Waals surface area contributed by atoms with Crippen LogP contribution in [0.25, 0.3) is 0 Å². The zero-order valence-electron chi connectivity index (χ0n) is 11.2. The highest BCUT2D eigenvalue weighted by Gasteiger charge is 2.36. The summed E-state index contributed by atoms with van der Waals surface area (Å²) in [6.07, 6.45) is -1.84. The van der Waals surface area contributed by atoms with E-state index in [1.165, 1.54) is 11.1 Å². The lowest BCUT2D eigenvalue weighted by atomic mass is 10.0. The smallest absolute Gasteiger partial charge is 0.272 e. The number of aromatic nitrogens is 2. The number of hydrogen-bond acceptors (Lipinski definition) is 4. The Bertz CT molecular complexity index is 673. The molecule has 1 aliphatic rings. The molecule has 3 heterocycles. The summed E-state index contributed by atoms with van der Waals surface area (Å²) in [5.74, 6) is -0.424. The molecule has 0 bridgehead atoms. The van der Waals surface area contributed by atoms with Gasteiger partial charge in [-0.05, 0) is 23.8 Å². The topological polar surface area (TPSA) is 58.1 Å². The third-order valence-corrected chi connectivity index (χ3v) is 3.33. The fraction of sp³-hybridized carbons (Fsp3) is 0.214. The summed E-state index contributed by atoms with van der Waals surface area (Å²) in [4.78, 5) is 19.8. The van der Waals surface area contributed by atoms with Crippen LogP contribution in [-0.2, 0) is 11.0 Å². The maximum absolute atomic E-state index is 12.5. The van der Waals surface area contributed by atoms with Gasteiger partial charge in [0.25, 0.3) is 5.91 Å². The average Bonchev–Trinajstić information content (AvgIpc) is 2.89. The monoisotopic (exact) mass is 308 g/mol. The van der Waals surface area contributed by atoms with Crippen molar-refractivity contribution in [3.05, 3.63) is 54.0 Å². The van der Waals surface area contributed by atoms with Gasteiger partial charge in [-0.1, -0.05) is 12.1 Å². The van der Waals surface area contributed by atoms with Crippen LogP contribution < -0.4 is 10.4 Å².